The number of carbonyl (C=O) groups excluding carboxylic acids is 1. The molecule has 0 spiro atoms. The van der Waals surface area contributed by atoms with Crippen LogP contribution in [0.2, 0.25) is 0 Å². The second-order valence-electron chi connectivity index (χ2n) is 8.88. The number of ether oxygens (including phenoxy) is 1. The number of rotatable bonds is 13. The third-order valence-electron chi connectivity index (χ3n) is 5.70. The maximum absolute atomic E-state index is 11.2. The minimum Gasteiger partial charge on any atom is -0.481 e. The molecule has 0 rings (SSSR count). The van der Waals surface area contributed by atoms with Gasteiger partial charge in [-0.3, -0.25) is 9.59 Å². The van der Waals surface area contributed by atoms with Crippen molar-refractivity contribution >= 4 is 11.9 Å². The Bertz CT molecular complexity index is 640. The van der Waals surface area contributed by atoms with Crippen LogP contribution in [-0.4, -0.2) is 22.6 Å². The largest absolute Gasteiger partial charge is 0.481 e. The van der Waals surface area contributed by atoms with Gasteiger partial charge in [0.15, 0.2) is 0 Å². The van der Waals surface area contributed by atoms with Crippen molar-refractivity contribution in [1.29, 1.82) is 0 Å². The Balaban J connectivity index is 0. The summed E-state index contributed by atoms with van der Waals surface area (Å²) in [5.41, 5.74) is 1.79. The lowest BCUT2D eigenvalue weighted by Gasteiger charge is -2.31. The molecule has 0 amide bonds. The molecular formula is C27H46O4. The quantitative estimate of drug-likeness (QED) is 0.239. The van der Waals surface area contributed by atoms with E-state index in [1.54, 1.807) is 12.2 Å². The zero-order valence-corrected chi connectivity index (χ0v) is 21.2. The molecule has 0 heterocycles. The van der Waals surface area contributed by atoms with E-state index >= 15 is 0 Å². The molecule has 0 aromatic rings. The fourth-order valence-electron chi connectivity index (χ4n) is 3.29. The number of aliphatic carboxylic acids is 1. The number of hydrogen-bond acceptors (Lipinski definition) is 3. The average molecular weight is 435 g/mol. The summed E-state index contributed by atoms with van der Waals surface area (Å²) in [6.07, 6.45) is 13.0. The van der Waals surface area contributed by atoms with Crippen molar-refractivity contribution in [3.8, 4) is 0 Å². The van der Waals surface area contributed by atoms with Crippen LogP contribution >= 0.6 is 0 Å². The van der Waals surface area contributed by atoms with E-state index in [9.17, 15) is 14.7 Å². The third-order valence-corrected chi connectivity index (χ3v) is 5.70. The molecule has 0 fully saturated rings. The SMILES string of the molecule is C=CC(C)(CC/C=C(/C)CC)OC(C)=O.C=CC(C)(CCC=C(C)C)C(CC)C(=O)O. The van der Waals surface area contributed by atoms with E-state index in [4.69, 9.17) is 4.74 Å². The van der Waals surface area contributed by atoms with Gasteiger partial charge in [-0.05, 0) is 77.7 Å². The van der Waals surface area contributed by atoms with Gasteiger partial charge in [0.25, 0.3) is 0 Å². The molecule has 0 aliphatic carbocycles. The van der Waals surface area contributed by atoms with Crippen LogP contribution in [0.15, 0.2) is 48.6 Å². The molecule has 0 aliphatic rings. The smallest absolute Gasteiger partial charge is 0.307 e. The second-order valence-corrected chi connectivity index (χ2v) is 8.88. The lowest BCUT2D eigenvalue weighted by molar-refractivity contribution is -0.151. The molecule has 0 aliphatic heterocycles. The van der Waals surface area contributed by atoms with Gasteiger partial charge in [0, 0.05) is 6.92 Å². The number of allylic oxidation sites excluding steroid dienone is 5. The summed E-state index contributed by atoms with van der Waals surface area (Å²) < 4.78 is 5.22. The molecule has 1 N–H and O–H groups in total. The van der Waals surface area contributed by atoms with E-state index in [1.807, 2.05) is 20.8 Å². The van der Waals surface area contributed by atoms with Gasteiger partial charge in [0.1, 0.15) is 5.60 Å². The summed E-state index contributed by atoms with van der Waals surface area (Å²) in [6.45, 7) is 23.1. The van der Waals surface area contributed by atoms with E-state index in [0.29, 0.717) is 6.42 Å². The highest BCUT2D eigenvalue weighted by molar-refractivity contribution is 5.71. The van der Waals surface area contributed by atoms with Crippen LogP contribution in [0.25, 0.3) is 0 Å². The van der Waals surface area contributed by atoms with Gasteiger partial charge in [0.2, 0.25) is 0 Å². The van der Waals surface area contributed by atoms with Crippen molar-refractivity contribution in [1.82, 2.24) is 0 Å². The molecular weight excluding hydrogens is 388 g/mol. The van der Waals surface area contributed by atoms with Crippen LogP contribution in [0.5, 0.6) is 0 Å². The second kappa shape index (κ2) is 15.7. The topological polar surface area (TPSA) is 63.6 Å². The van der Waals surface area contributed by atoms with Crippen LogP contribution in [0.4, 0.5) is 0 Å². The highest BCUT2D eigenvalue weighted by Gasteiger charge is 2.34. The number of hydrogen-bond donors (Lipinski definition) is 1. The lowest BCUT2D eigenvalue weighted by Crippen LogP contribution is -2.31. The van der Waals surface area contributed by atoms with Gasteiger partial charge in [-0.1, -0.05) is 56.7 Å². The standard InChI is InChI=1S/C14H24O2.C13H22O2/c1-6-12(13(15)16)14(5,7-2)10-8-9-11(3)4;1-6-11(3)9-8-10-13(5,7-2)15-12(4)14/h7,9,12H,2,6,8,10H2,1,3-5H3,(H,15,16);7,9H,2,6,8,10H2,1,3-5H3/b;11-9-. The van der Waals surface area contributed by atoms with Crippen LogP contribution in [-0.2, 0) is 14.3 Å². The van der Waals surface area contributed by atoms with Crippen molar-refractivity contribution in [2.24, 2.45) is 11.3 Å². The van der Waals surface area contributed by atoms with Gasteiger partial charge in [0.05, 0.1) is 5.92 Å². The first-order valence-electron chi connectivity index (χ1n) is 11.3. The first-order valence-corrected chi connectivity index (χ1v) is 11.3. The first-order chi connectivity index (χ1) is 14.3. The van der Waals surface area contributed by atoms with Gasteiger partial charge in [-0.15, -0.1) is 6.58 Å². The van der Waals surface area contributed by atoms with Gasteiger partial charge in [-0.2, -0.15) is 0 Å². The minimum atomic E-state index is -0.720. The Labute approximate surface area is 191 Å². The summed E-state index contributed by atoms with van der Waals surface area (Å²) in [4.78, 5) is 22.1. The molecule has 4 nitrogen and oxygen atoms in total. The van der Waals surface area contributed by atoms with Gasteiger partial charge < -0.3 is 9.84 Å². The van der Waals surface area contributed by atoms with Crippen molar-refractivity contribution in [2.45, 2.75) is 99.5 Å². The van der Waals surface area contributed by atoms with E-state index in [-0.39, 0.29) is 17.3 Å². The zero-order chi connectivity index (χ0) is 24.7. The van der Waals surface area contributed by atoms with Crippen LogP contribution in [0, 0.1) is 11.3 Å². The fourth-order valence-corrected chi connectivity index (χ4v) is 3.29. The molecule has 31 heavy (non-hydrogen) atoms. The molecule has 3 unspecified atom stereocenters. The Kier molecular flexibility index (Phi) is 15.7. The maximum Gasteiger partial charge on any atom is 0.307 e. The Morgan fingerprint density at radius 1 is 0.968 bits per heavy atom. The highest BCUT2D eigenvalue weighted by atomic mass is 16.6. The predicted molar refractivity (Wildman–Crippen MR) is 132 cm³/mol. The Morgan fingerprint density at radius 3 is 1.87 bits per heavy atom. The molecule has 0 radical (unpaired) electrons. The molecule has 4 heteroatoms. The highest BCUT2D eigenvalue weighted by Crippen LogP contribution is 2.36. The Hall–Kier alpha value is -2.10. The average Bonchev–Trinajstić information content (AvgIpc) is 2.67. The van der Waals surface area contributed by atoms with Gasteiger partial charge >= 0.3 is 11.9 Å². The third kappa shape index (κ3) is 13.7. The van der Waals surface area contributed by atoms with Crippen LogP contribution in [0.1, 0.15) is 93.9 Å². The van der Waals surface area contributed by atoms with Crippen molar-refractivity contribution in [2.75, 3.05) is 0 Å². The van der Waals surface area contributed by atoms with E-state index in [1.165, 1.54) is 18.1 Å². The van der Waals surface area contributed by atoms with E-state index in [0.717, 1.165) is 32.1 Å². The summed E-state index contributed by atoms with van der Waals surface area (Å²) >= 11 is 0. The molecule has 0 aromatic heterocycles. The molecule has 0 saturated carbocycles. The number of carboxylic acids is 1. The fraction of sp³-hybridized carbons (Fsp3) is 0.630. The number of carboxylic acid groups (broad SMARTS) is 1. The summed E-state index contributed by atoms with van der Waals surface area (Å²) in [6, 6.07) is 0. The monoisotopic (exact) mass is 434 g/mol. The maximum atomic E-state index is 11.2. The number of carbonyl (C=O) groups is 2. The normalized spacial score (nSPS) is 15.8. The molecule has 0 saturated heterocycles. The van der Waals surface area contributed by atoms with Gasteiger partial charge in [-0.25, -0.2) is 0 Å². The first kappa shape index (κ1) is 31.1. The van der Waals surface area contributed by atoms with Crippen molar-refractivity contribution in [3.05, 3.63) is 48.6 Å². The van der Waals surface area contributed by atoms with Crippen molar-refractivity contribution in [3.63, 3.8) is 0 Å². The molecule has 3 atom stereocenters. The summed E-state index contributed by atoms with van der Waals surface area (Å²) in [5.74, 6) is -1.31. The zero-order valence-electron chi connectivity index (χ0n) is 21.2. The molecule has 0 aromatic carbocycles. The van der Waals surface area contributed by atoms with E-state index < -0.39 is 11.6 Å². The Morgan fingerprint density at radius 2 is 1.52 bits per heavy atom. The number of esters is 1. The van der Waals surface area contributed by atoms with Crippen LogP contribution < -0.4 is 0 Å². The lowest BCUT2D eigenvalue weighted by atomic mass is 9.72. The van der Waals surface area contributed by atoms with E-state index in [2.05, 4.69) is 53.0 Å². The van der Waals surface area contributed by atoms with Crippen LogP contribution in [0.3, 0.4) is 0 Å². The minimum absolute atomic E-state index is 0.256. The summed E-state index contributed by atoms with van der Waals surface area (Å²) in [5, 5.41) is 9.19. The van der Waals surface area contributed by atoms with Crippen molar-refractivity contribution < 1.29 is 19.4 Å². The molecule has 178 valence electrons. The summed E-state index contributed by atoms with van der Waals surface area (Å²) in [7, 11) is 0. The predicted octanol–water partition coefficient (Wildman–Crippen LogP) is 7.67. The molecule has 0 bridgehead atoms.